The predicted molar refractivity (Wildman–Crippen MR) is 120 cm³/mol. The zero-order valence-corrected chi connectivity index (χ0v) is 18.0. The van der Waals surface area contributed by atoms with Crippen LogP contribution in [0.3, 0.4) is 0 Å². The Kier molecular flexibility index (Phi) is 6.07. The molecule has 31 heavy (non-hydrogen) atoms. The number of pyridine rings is 1. The highest BCUT2D eigenvalue weighted by atomic mass is 16.5. The normalized spacial score (nSPS) is 15.4. The van der Waals surface area contributed by atoms with Crippen LogP contribution in [0.25, 0.3) is 0 Å². The topological polar surface area (TPSA) is 63.7 Å². The van der Waals surface area contributed by atoms with Gasteiger partial charge in [-0.05, 0) is 53.4 Å². The molecule has 2 aromatic carbocycles. The van der Waals surface area contributed by atoms with E-state index in [1.807, 2.05) is 59.5 Å². The Balaban J connectivity index is 1.63. The van der Waals surface area contributed by atoms with Crippen molar-refractivity contribution in [1.82, 2.24) is 9.88 Å². The summed E-state index contributed by atoms with van der Waals surface area (Å²) in [7, 11) is 1.62. The van der Waals surface area contributed by atoms with Crippen LogP contribution in [0.2, 0.25) is 0 Å². The molecule has 0 saturated carbocycles. The second kappa shape index (κ2) is 9.08. The first-order valence-electron chi connectivity index (χ1n) is 10.4. The van der Waals surface area contributed by atoms with Crippen molar-refractivity contribution in [3.05, 3.63) is 83.7 Å². The van der Waals surface area contributed by atoms with E-state index in [-0.39, 0.29) is 12.1 Å². The fourth-order valence-electron chi connectivity index (χ4n) is 3.75. The number of aromatic nitrogens is 1. The van der Waals surface area contributed by atoms with Gasteiger partial charge in [0.25, 0.3) is 5.91 Å². The van der Waals surface area contributed by atoms with Crippen molar-refractivity contribution >= 4 is 11.6 Å². The first-order chi connectivity index (χ1) is 15.1. The summed E-state index contributed by atoms with van der Waals surface area (Å²) in [6.45, 7) is 5.29. The molecule has 1 amide bonds. The molecule has 1 N–H and O–H groups in total. The SMILES string of the molecule is COc1cc(C2Nc3ccccc3C(=O)N2CC(C)C)ccc1OCc1ccncc1. The van der Waals surface area contributed by atoms with E-state index in [0.29, 0.717) is 36.1 Å². The molecule has 1 aromatic heterocycles. The summed E-state index contributed by atoms with van der Waals surface area (Å²) < 4.78 is 11.6. The van der Waals surface area contributed by atoms with E-state index in [9.17, 15) is 4.79 Å². The number of rotatable bonds is 7. The molecule has 0 radical (unpaired) electrons. The Hall–Kier alpha value is -3.54. The fourth-order valence-corrected chi connectivity index (χ4v) is 3.75. The summed E-state index contributed by atoms with van der Waals surface area (Å²) in [5.74, 6) is 1.65. The number of amides is 1. The maximum Gasteiger partial charge on any atom is 0.257 e. The first-order valence-corrected chi connectivity index (χ1v) is 10.4. The molecular formula is C25H27N3O3. The Bertz CT molecular complexity index is 1050. The number of nitrogens with zero attached hydrogens (tertiary/aromatic N) is 2. The number of hydrogen-bond donors (Lipinski definition) is 1. The monoisotopic (exact) mass is 417 g/mol. The minimum atomic E-state index is -0.284. The highest BCUT2D eigenvalue weighted by Crippen LogP contribution is 2.37. The first kappa shape index (κ1) is 20.7. The van der Waals surface area contributed by atoms with E-state index in [1.165, 1.54) is 0 Å². The van der Waals surface area contributed by atoms with Gasteiger partial charge >= 0.3 is 0 Å². The van der Waals surface area contributed by atoms with Gasteiger partial charge in [0.15, 0.2) is 11.5 Å². The lowest BCUT2D eigenvalue weighted by Gasteiger charge is -2.39. The van der Waals surface area contributed by atoms with Gasteiger partial charge in [0.2, 0.25) is 0 Å². The molecule has 1 aliphatic heterocycles. The minimum Gasteiger partial charge on any atom is -0.493 e. The van der Waals surface area contributed by atoms with Gasteiger partial charge in [-0.3, -0.25) is 9.78 Å². The molecule has 1 atom stereocenters. The molecule has 6 nitrogen and oxygen atoms in total. The Morgan fingerprint density at radius 3 is 2.58 bits per heavy atom. The van der Waals surface area contributed by atoms with Crippen molar-refractivity contribution in [3.8, 4) is 11.5 Å². The maximum absolute atomic E-state index is 13.2. The average molecular weight is 418 g/mol. The van der Waals surface area contributed by atoms with Crippen LogP contribution in [-0.4, -0.2) is 29.4 Å². The largest absolute Gasteiger partial charge is 0.493 e. The second-order valence-corrected chi connectivity index (χ2v) is 8.00. The highest BCUT2D eigenvalue weighted by Gasteiger charge is 2.33. The second-order valence-electron chi connectivity index (χ2n) is 8.00. The quantitative estimate of drug-likeness (QED) is 0.593. The Labute approximate surface area is 182 Å². The third-order valence-electron chi connectivity index (χ3n) is 5.23. The van der Waals surface area contributed by atoms with Crippen molar-refractivity contribution in [2.75, 3.05) is 19.0 Å². The Morgan fingerprint density at radius 2 is 1.84 bits per heavy atom. The molecule has 4 rings (SSSR count). The number of ether oxygens (including phenoxy) is 2. The molecule has 0 aliphatic carbocycles. The van der Waals surface area contributed by atoms with Crippen molar-refractivity contribution in [1.29, 1.82) is 0 Å². The minimum absolute atomic E-state index is 0.0324. The number of benzene rings is 2. The molecule has 1 unspecified atom stereocenters. The van der Waals surface area contributed by atoms with Crippen LogP contribution < -0.4 is 14.8 Å². The lowest BCUT2D eigenvalue weighted by atomic mass is 10.0. The van der Waals surface area contributed by atoms with Crippen LogP contribution in [-0.2, 0) is 6.61 Å². The van der Waals surface area contributed by atoms with E-state index in [1.54, 1.807) is 19.5 Å². The molecule has 0 spiro atoms. The van der Waals surface area contributed by atoms with E-state index in [4.69, 9.17) is 9.47 Å². The van der Waals surface area contributed by atoms with Crippen LogP contribution in [0.4, 0.5) is 5.69 Å². The van der Waals surface area contributed by atoms with Crippen LogP contribution in [0.15, 0.2) is 67.0 Å². The zero-order chi connectivity index (χ0) is 21.8. The van der Waals surface area contributed by atoms with E-state index < -0.39 is 0 Å². The molecule has 0 bridgehead atoms. The number of methoxy groups -OCH3 is 1. The third-order valence-corrected chi connectivity index (χ3v) is 5.23. The number of nitrogens with one attached hydrogen (secondary N) is 1. The van der Waals surface area contributed by atoms with Crippen LogP contribution >= 0.6 is 0 Å². The summed E-state index contributed by atoms with van der Waals surface area (Å²) in [6, 6.07) is 17.3. The molecule has 6 heteroatoms. The molecule has 1 aliphatic rings. The third kappa shape index (κ3) is 4.48. The number of carbonyl (C=O) groups is 1. The molecule has 160 valence electrons. The zero-order valence-electron chi connectivity index (χ0n) is 18.0. The molecule has 0 saturated heterocycles. The smallest absolute Gasteiger partial charge is 0.257 e. The summed E-state index contributed by atoms with van der Waals surface area (Å²) in [6.07, 6.45) is 3.20. The molecular weight excluding hydrogens is 390 g/mol. The summed E-state index contributed by atoms with van der Waals surface area (Å²) in [5.41, 5.74) is 3.51. The van der Waals surface area contributed by atoms with Crippen LogP contribution in [0.5, 0.6) is 11.5 Å². The van der Waals surface area contributed by atoms with Crippen molar-refractivity contribution in [2.24, 2.45) is 5.92 Å². The van der Waals surface area contributed by atoms with Crippen LogP contribution in [0, 0.1) is 5.92 Å². The fraction of sp³-hybridized carbons (Fsp3) is 0.280. The van der Waals surface area contributed by atoms with Gasteiger partial charge in [-0.25, -0.2) is 0 Å². The average Bonchev–Trinajstić information content (AvgIpc) is 2.80. The van der Waals surface area contributed by atoms with Crippen molar-refractivity contribution < 1.29 is 14.3 Å². The number of fused-ring (bicyclic) bond motifs is 1. The lowest BCUT2D eigenvalue weighted by Crippen LogP contribution is -2.44. The van der Waals surface area contributed by atoms with E-state index >= 15 is 0 Å². The summed E-state index contributed by atoms with van der Waals surface area (Å²) in [5, 5.41) is 3.53. The number of hydrogen-bond acceptors (Lipinski definition) is 5. The molecule has 0 fully saturated rings. The highest BCUT2D eigenvalue weighted by molar-refractivity contribution is 6.01. The number of anilines is 1. The van der Waals surface area contributed by atoms with Gasteiger partial charge in [-0.2, -0.15) is 0 Å². The summed E-state index contributed by atoms with van der Waals surface area (Å²) in [4.78, 5) is 19.2. The van der Waals surface area contributed by atoms with Crippen LogP contribution in [0.1, 0.15) is 41.5 Å². The van der Waals surface area contributed by atoms with Gasteiger partial charge in [-0.1, -0.05) is 32.0 Å². The standard InChI is InChI=1S/C25H27N3O3/c1-17(2)15-28-24(27-21-7-5-4-6-20(21)25(28)29)19-8-9-22(23(14-19)30-3)31-16-18-10-12-26-13-11-18/h4-14,17,24,27H,15-16H2,1-3H3. The maximum atomic E-state index is 13.2. The van der Waals surface area contributed by atoms with Gasteiger partial charge < -0.3 is 19.7 Å². The lowest BCUT2D eigenvalue weighted by molar-refractivity contribution is 0.0657. The number of para-hydroxylation sites is 1. The van der Waals surface area contributed by atoms with E-state index in [0.717, 1.165) is 16.8 Å². The van der Waals surface area contributed by atoms with E-state index in [2.05, 4.69) is 24.1 Å². The number of carbonyl (C=O) groups excluding carboxylic acids is 1. The van der Waals surface area contributed by atoms with Gasteiger partial charge in [0.1, 0.15) is 12.8 Å². The van der Waals surface area contributed by atoms with Gasteiger partial charge in [-0.15, -0.1) is 0 Å². The van der Waals surface area contributed by atoms with Crippen molar-refractivity contribution in [3.63, 3.8) is 0 Å². The predicted octanol–water partition coefficient (Wildman–Crippen LogP) is 4.89. The Morgan fingerprint density at radius 1 is 1.06 bits per heavy atom. The molecule has 2 heterocycles. The summed E-state index contributed by atoms with van der Waals surface area (Å²) >= 11 is 0. The van der Waals surface area contributed by atoms with Crippen molar-refractivity contribution in [2.45, 2.75) is 26.6 Å². The van der Waals surface area contributed by atoms with Gasteiger partial charge in [0, 0.05) is 24.6 Å². The molecule has 3 aromatic rings. The van der Waals surface area contributed by atoms with Gasteiger partial charge in [0.05, 0.1) is 12.7 Å².